The van der Waals surface area contributed by atoms with Gasteiger partial charge in [-0.15, -0.1) is 18.3 Å². The van der Waals surface area contributed by atoms with Crippen molar-refractivity contribution in [2.45, 2.75) is 49.7 Å². The van der Waals surface area contributed by atoms with Gasteiger partial charge in [-0.25, -0.2) is 0 Å². The Morgan fingerprint density at radius 2 is 2.09 bits per heavy atom. The Balaban J connectivity index is 1.84. The monoisotopic (exact) mass is 472 g/mol. The summed E-state index contributed by atoms with van der Waals surface area (Å²) in [5, 5.41) is 19.3. The van der Waals surface area contributed by atoms with E-state index in [4.69, 9.17) is 0 Å². The zero-order valence-corrected chi connectivity index (χ0v) is 20.2. The third-order valence-electron chi connectivity index (χ3n) is 7.55. The van der Waals surface area contributed by atoms with Gasteiger partial charge in [0.1, 0.15) is 6.04 Å². The summed E-state index contributed by atoms with van der Waals surface area (Å²) in [4.78, 5) is 43.4. The van der Waals surface area contributed by atoms with Crippen LogP contribution in [0.3, 0.4) is 0 Å². The van der Waals surface area contributed by atoms with Gasteiger partial charge in [0.05, 0.1) is 16.6 Å². The first-order chi connectivity index (χ1) is 15.7. The molecule has 0 saturated carbocycles. The second kappa shape index (κ2) is 8.80. The highest BCUT2D eigenvalue weighted by Gasteiger charge is 2.76. The van der Waals surface area contributed by atoms with Crippen LogP contribution in [0.2, 0.25) is 0 Å². The molecule has 7 nitrogen and oxygen atoms in total. The van der Waals surface area contributed by atoms with Gasteiger partial charge in [0.25, 0.3) is 5.91 Å². The average Bonchev–Trinajstić information content (AvgIpc) is 3.35. The van der Waals surface area contributed by atoms with Crippen molar-refractivity contribution >= 4 is 35.2 Å². The minimum absolute atomic E-state index is 0.0225. The van der Waals surface area contributed by atoms with Crippen LogP contribution in [0.25, 0.3) is 0 Å². The Morgan fingerprint density at radius 1 is 1.36 bits per heavy atom. The number of aryl methyl sites for hydroxylation is 2. The molecule has 0 aliphatic carbocycles. The lowest BCUT2D eigenvalue weighted by Crippen LogP contribution is -2.57. The number of rotatable bonds is 8. The van der Waals surface area contributed by atoms with Crippen LogP contribution in [-0.2, 0) is 14.4 Å². The van der Waals surface area contributed by atoms with Crippen LogP contribution in [0, 0.1) is 31.6 Å². The lowest BCUT2D eigenvalue weighted by atomic mass is 9.66. The molecule has 2 N–H and O–H groups in total. The maximum atomic E-state index is 14.3. The lowest BCUT2D eigenvalue weighted by molar-refractivity contribution is -0.149. The van der Waals surface area contributed by atoms with E-state index in [9.17, 15) is 24.6 Å². The molecule has 3 unspecified atom stereocenters. The molecular weight excluding hydrogens is 440 g/mol. The fraction of sp³-hybridized carbons (Fsp3) is 0.560. The van der Waals surface area contributed by atoms with Gasteiger partial charge in [0, 0.05) is 30.6 Å². The number of hydrogen-bond donors (Lipinski definition) is 2. The minimum atomic E-state index is -0.965. The SMILES string of the molecule is C=CCN(C(=O)C1N(CCCO)C(=O)[C@@H]2[C@@H](C(=O)O)[C@H]3CC(C)C12S3)c1cc(C)ccc1C. The van der Waals surface area contributed by atoms with Crippen molar-refractivity contribution in [2.24, 2.45) is 17.8 Å². The van der Waals surface area contributed by atoms with E-state index < -0.39 is 28.6 Å². The number of likely N-dealkylation sites (tertiary alicyclic amines) is 1. The number of fused-ring (bicyclic) bond motifs is 1. The average molecular weight is 473 g/mol. The number of aliphatic hydroxyl groups is 1. The van der Waals surface area contributed by atoms with E-state index in [1.807, 2.05) is 39.0 Å². The molecule has 3 aliphatic heterocycles. The van der Waals surface area contributed by atoms with Crippen LogP contribution in [0.5, 0.6) is 0 Å². The molecule has 1 spiro atoms. The van der Waals surface area contributed by atoms with Gasteiger partial charge in [0.15, 0.2) is 0 Å². The third-order valence-corrected chi connectivity index (χ3v) is 9.63. The smallest absolute Gasteiger partial charge is 0.308 e. The summed E-state index contributed by atoms with van der Waals surface area (Å²) in [6.07, 6.45) is 2.68. The van der Waals surface area contributed by atoms with E-state index in [0.29, 0.717) is 12.8 Å². The normalized spacial score (nSPS) is 32.2. The Bertz CT molecular complexity index is 997. The lowest BCUT2D eigenvalue weighted by Gasteiger charge is -2.40. The van der Waals surface area contributed by atoms with Crippen molar-refractivity contribution in [1.29, 1.82) is 0 Å². The first kappa shape index (κ1) is 23.8. The van der Waals surface area contributed by atoms with Gasteiger partial charge < -0.3 is 20.0 Å². The third kappa shape index (κ3) is 3.49. The summed E-state index contributed by atoms with van der Waals surface area (Å²) in [5.41, 5.74) is 2.73. The fourth-order valence-electron chi connectivity index (χ4n) is 6.16. The van der Waals surface area contributed by atoms with Crippen LogP contribution < -0.4 is 4.90 Å². The number of nitrogens with zero attached hydrogens (tertiary/aromatic N) is 2. The van der Waals surface area contributed by atoms with Crippen molar-refractivity contribution in [3.63, 3.8) is 0 Å². The van der Waals surface area contributed by atoms with E-state index >= 15 is 0 Å². The number of carboxylic acid groups (broad SMARTS) is 1. The van der Waals surface area contributed by atoms with Crippen LogP contribution in [0.1, 0.15) is 30.9 Å². The molecule has 3 aliphatic rings. The maximum Gasteiger partial charge on any atom is 0.308 e. The number of carboxylic acids is 1. The second-order valence-electron chi connectivity index (χ2n) is 9.53. The molecule has 3 saturated heterocycles. The summed E-state index contributed by atoms with van der Waals surface area (Å²) >= 11 is 1.53. The van der Waals surface area contributed by atoms with Gasteiger partial charge in [-0.2, -0.15) is 0 Å². The fourth-order valence-corrected chi connectivity index (χ4v) is 8.57. The number of carbonyl (C=O) groups excluding carboxylic acids is 2. The summed E-state index contributed by atoms with van der Waals surface area (Å²) < 4.78 is -0.783. The molecule has 0 aromatic heterocycles. The summed E-state index contributed by atoms with van der Waals surface area (Å²) in [6.45, 7) is 10.2. The van der Waals surface area contributed by atoms with E-state index in [0.717, 1.165) is 16.8 Å². The Hall–Kier alpha value is -2.32. The Morgan fingerprint density at radius 3 is 2.73 bits per heavy atom. The van der Waals surface area contributed by atoms with Crippen LogP contribution in [0.4, 0.5) is 5.69 Å². The summed E-state index contributed by atoms with van der Waals surface area (Å²) in [5.74, 6) is -2.94. The van der Waals surface area contributed by atoms with Crippen molar-refractivity contribution in [2.75, 3.05) is 24.6 Å². The highest BCUT2D eigenvalue weighted by atomic mass is 32.2. The highest BCUT2D eigenvalue weighted by molar-refractivity contribution is 8.02. The quantitative estimate of drug-likeness (QED) is 0.565. The largest absolute Gasteiger partial charge is 0.481 e. The molecule has 0 radical (unpaired) electrons. The van der Waals surface area contributed by atoms with E-state index in [2.05, 4.69) is 6.58 Å². The number of hydrogen-bond acceptors (Lipinski definition) is 5. The zero-order chi connectivity index (χ0) is 24.1. The number of amides is 2. The number of aliphatic carboxylic acids is 1. The number of anilines is 1. The van der Waals surface area contributed by atoms with Crippen molar-refractivity contribution in [1.82, 2.24) is 4.90 Å². The van der Waals surface area contributed by atoms with Crippen molar-refractivity contribution in [3.8, 4) is 0 Å². The summed E-state index contributed by atoms with van der Waals surface area (Å²) in [7, 11) is 0. The van der Waals surface area contributed by atoms with E-state index in [-0.39, 0.29) is 42.7 Å². The van der Waals surface area contributed by atoms with E-state index in [1.165, 1.54) is 11.8 Å². The van der Waals surface area contributed by atoms with Gasteiger partial charge in [-0.1, -0.05) is 25.1 Å². The predicted molar refractivity (Wildman–Crippen MR) is 128 cm³/mol. The molecule has 8 heteroatoms. The second-order valence-corrected chi connectivity index (χ2v) is 11.1. The zero-order valence-electron chi connectivity index (χ0n) is 19.4. The van der Waals surface area contributed by atoms with Gasteiger partial charge in [-0.05, 0) is 49.8 Å². The Labute approximate surface area is 198 Å². The van der Waals surface area contributed by atoms with Crippen molar-refractivity contribution < 1.29 is 24.6 Å². The van der Waals surface area contributed by atoms with Gasteiger partial charge >= 0.3 is 5.97 Å². The Kier molecular flexibility index (Phi) is 6.35. The molecular formula is C25H32N2O5S. The van der Waals surface area contributed by atoms with Crippen LogP contribution in [-0.4, -0.2) is 68.6 Å². The van der Waals surface area contributed by atoms with Crippen molar-refractivity contribution in [3.05, 3.63) is 42.0 Å². The number of aliphatic hydroxyl groups excluding tert-OH is 1. The first-order valence-corrected chi connectivity index (χ1v) is 12.4. The molecule has 1 aromatic carbocycles. The molecule has 3 heterocycles. The topological polar surface area (TPSA) is 98.2 Å². The first-order valence-electron chi connectivity index (χ1n) is 11.5. The molecule has 3 fully saturated rings. The maximum absolute atomic E-state index is 14.3. The van der Waals surface area contributed by atoms with Gasteiger partial charge in [0.2, 0.25) is 5.91 Å². The number of carbonyl (C=O) groups is 3. The molecule has 4 rings (SSSR count). The van der Waals surface area contributed by atoms with E-state index in [1.54, 1.807) is 15.9 Å². The van der Waals surface area contributed by atoms with Crippen LogP contribution >= 0.6 is 11.8 Å². The summed E-state index contributed by atoms with van der Waals surface area (Å²) in [6, 6.07) is 5.14. The van der Waals surface area contributed by atoms with Crippen LogP contribution in [0.15, 0.2) is 30.9 Å². The molecule has 33 heavy (non-hydrogen) atoms. The highest BCUT2D eigenvalue weighted by Crippen LogP contribution is 2.68. The number of thioether (sulfide) groups is 1. The number of benzene rings is 1. The standard InChI is InChI=1S/C25H32N2O5S/c1-5-9-26(17-12-14(2)7-8-15(17)3)23(30)21-25-16(4)13-18(33-25)19(24(31)32)20(25)22(29)27(21)10-6-11-28/h5,7-8,12,16,18-21,28H,1,6,9-11,13H2,2-4H3,(H,31,32)/t16?,18-,19+,20+,21?,25?/m1/s1. The molecule has 6 atom stereocenters. The molecule has 2 bridgehead atoms. The van der Waals surface area contributed by atoms with Gasteiger partial charge in [-0.3, -0.25) is 14.4 Å². The minimum Gasteiger partial charge on any atom is -0.481 e. The molecule has 178 valence electrons. The predicted octanol–water partition coefficient (Wildman–Crippen LogP) is 2.63. The molecule has 1 aromatic rings. The molecule has 2 amide bonds.